The highest BCUT2D eigenvalue weighted by molar-refractivity contribution is 6.23. The highest BCUT2D eigenvalue weighted by Gasteiger charge is 2.38. The van der Waals surface area contributed by atoms with Crippen LogP contribution >= 0.6 is 0 Å². The molecule has 0 aliphatic heterocycles. The number of aromatic nitrogens is 4. The van der Waals surface area contributed by atoms with Gasteiger partial charge in [-0.25, -0.2) is 4.98 Å². The van der Waals surface area contributed by atoms with Gasteiger partial charge in [-0.2, -0.15) is 9.97 Å². The molecular formula is C56H38N4. The third-order valence-electron chi connectivity index (χ3n) is 12.6. The van der Waals surface area contributed by atoms with Crippen molar-refractivity contribution in [2.75, 3.05) is 0 Å². The Morgan fingerprint density at radius 3 is 1.80 bits per heavy atom. The molecule has 2 heterocycles. The summed E-state index contributed by atoms with van der Waals surface area (Å²) in [5, 5.41) is 7.04. The largest absolute Gasteiger partial charge is 0.277 e. The molecule has 1 aliphatic rings. The summed E-state index contributed by atoms with van der Waals surface area (Å²) in [5.41, 5.74) is 13.7. The van der Waals surface area contributed by atoms with Gasteiger partial charge in [0.25, 0.3) is 0 Å². The Morgan fingerprint density at radius 1 is 0.400 bits per heavy atom. The molecular weight excluding hydrogens is 729 g/mol. The van der Waals surface area contributed by atoms with Crippen molar-refractivity contribution in [2.45, 2.75) is 19.3 Å². The van der Waals surface area contributed by atoms with E-state index in [0.717, 1.165) is 44.1 Å². The van der Waals surface area contributed by atoms with E-state index in [1.54, 1.807) is 0 Å². The summed E-state index contributed by atoms with van der Waals surface area (Å²) in [6, 6.07) is 69.5. The van der Waals surface area contributed by atoms with E-state index in [9.17, 15) is 0 Å². The number of para-hydroxylation sites is 1. The molecule has 0 spiro atoms. The van der Waals surface area contributed by atoms with Gasteiger partial charge in [0.05, 0.1) is 11.0 Å². The lowest BCUT2D eigenvalue weighted by atomic mass is 9.78. The molecule has 0 saturated carbocycles. The van der Waals surface area contributed by atoms with Crippen molar-refractivity contribution in [3.05, 3.63) is 205 Å². The zero-order valence-electron chi connectivity index (χ0n) is 33.3. The number of nitrogens with zero attached hydrogens (tertiary/aromatic N) is 4. The molecule has 282 valence electrons. The second kappa shape index (κ2) is 13.2. The Hall–Kier alpha value is -7.69. The maximum atomic E-state index is 5.43. The first-order valence-electron chi connectivity index (χ1n) is 20.6. The van der Waals surface area contributed by atoms with Crippen LogP contribution in [0, 0.1) is 0 Å². The van der Waals surface area contributed by atoms with E-state index in [4.69, 9.17) is 15.0 Å². The maximum Gasteiger partial charge on any atom is 0.238 e. The van der Waals surface area contributed by atoms with Gasteiger partial charge in [-0.3, -0.25) is 4.57 Å². The molecule has 9 aromatic carbocycles. The van der Waals surface area contributed by atoms with Crippen molar-refractivity contribution in [3.63, 3.8) is 0 Å². The van der Waals surface area contributed by atoms with Crippen molar-refractivity contribution in [1.29, 1.82) is 0 Å². The minimum Gasteiger partial charge on any atom is -0.277 e. The first-order chi connectivity index (χ1) is 29.5. The summed E-state index contributed by atoms with van der Waals surface area (Å²) < 4.78 is 2.30. The van der Waals surface area contributed by atoms with Gasteiger partial charge in [-0.15, -0.1) is 0 Å². The van der Waals surface area contributed by atoms with Crippen LogP contribution in [0.15, 0.2) is 194 Å². The molecule has 1 aliphatic carbocycles. The van der Waals surface area contributed by atoms with Crippen LogP contribution in [-0.4, -0.2) is 19.5 Å². The van der Waals surface area contributed by atoms with Crippen LogP contribution < -0.4 is 0 Å². The topological polar surface area (TPSA) is 43.6 Å². The summed E-state index contributed by atoms with van der Waals surface area (Å²) in [7, 11) is 0. The molecule has 0 unspecified atom stereocenters. The van der Waals surface area contributed by atoms with Crippen molar-refractivity contribution in [1.82, 2.24) is 19.5 Å². The average Bonchev–Trinajstić information content (AvgIpc) is 3.78. The van der Waals surface area contributed by atoms with Gasteiger partial charge in [-0.1, -0.05) is 196 Å². The van der Waals surface area contributed by atoms with E-state index in [1.807, 2.05) is 6.07 Å². The Labute approximate surface area is 348 Å². The number of hydrogen-bond donors (Lipinski definition) is 0. The molecule has 4 heteroatoms. The molecule has 11 aromatic rings. The Balaban J connectivity index is 1.17. The normalized spacial score (nSPS) is 13.0. The molecule has 2 aromatic heterocycles. The van der Waals surface area contributed by atoms with E-state index < -0.39 is 0 Å². The zero-order valence-corrected chi connectivity index (χ0v) is 33.3. The van der Waals surface area contributed by atoms with Crippen LogP contribution in [-0.2, 0) is 5.41 Å². The van der Waals surface area contributed by atoms with Gasteiger partial charge in [0.1, 0.15) is 0 Å². The lowest BCUT2D eigenvalue weighted by Crippen LogP contribution is -2.16. The Kier molecular flexibility index (Phi) is 7.54. The van der Waals surface area contributed by atoms with Gasteiger partial charge in [0, 0.05) is 32.9 Å². The molecule has 0 fully saturated rings. The SMILES string of the molecule is CC1(C)c2ccccc2-c2cccc(-c3cccc4c5c6ccccc6ccc5n(-c5nc(-c6ccc(-c7ccccc7)cc6)nc(-c6ccc7ccccc7c6)n5)c34)c21. The third kappa shape index (κ3) is 5.20. The first kappa shape index (κ1) is 34.4. The second-order valence-electron chi connectivity index (χ2n) is 16.4. The fourth-order valence-corrected chi connectivity index (χ4v) is 9.83. The molecule has 0 amide bonds. The van der Waals surface area contributed by atoms with Crippen LogP contribution in [0.5, 0.6) is 0 Å². The van der Waals surface area contributed by atoms with E-state index in [1.165, 1.54) is 54.9 Å². The zero-order chi connectivity index (χ0) is 40.0. The van der Waals surface area contributed by atoms with Gasteiger partial charge in [-0.05, 0) is 72.6 Å². The van der Waals surface area contributed by atoms with Crippen LogP contribution in [0.4, 0.5) is 0 Å². The molecule has 0 bridgehead atoms. The molecule has 60 heavy (non-hydrogen) atoms. The minimum atomic E-state index is -0.205. The van der Waals surface area contributed by atoms with Crippen LogP contribution in [0.2, 0.25) is 0 Å². The number of rotatable bonds is 5. The molecule has 0 radical (unpaired) electrons. The van der Waals surface area contributed by atoms with Gasteiger partial charge in [0.2, 0.25) is 5.95 Å². The van der Waals surface area contributed by atoms with Crippen molar-refractivity contribution in [3.8, 4) is 62.1 Å². The Bertz CT molecular complexity index is 3510. The average molecular weight is 767 g/mol. The summed E-state index contributed by atoms with van der Waals surface area (Å²) in [5.74, 6) is 1.82. The third-order valence-corrected chi connectivity index (χ3v) is 12.6. The molecule has 0 atom stereocenters. The minimum absolute atomic E-state index is 0.205. The first-order valence-corrected chi connectivity index (χ1v) is 20.6. The number of benzene rings is 9. The van der Waals surface area contributed by atoms with Crippen molar-refractivity contribution >= 4 is 43.4 Å². The van der Waals surface area contributed by atoms with Crippen LogP contribution in [0.1, 0.15) is 25.0 Å². The van der Waals surface area contributed by atoms with Gasteiger partial charge >= 0.3 is 0 Å². The highest BCUT2D eigenvalue weighted by atomic mass is 15.2. The quantitative estimate of drug-likeness (QED) is 0.175. The van der Waals surface area contributed by atoms with Crippen molar-refractivity contribution in [2.24, 2.45) is 0 Å². The number of hydrogen-bond acceptors (Lipinski definition) is 3. The maximum absolute atomic E-state index is 5.43. The fraction of sp³-hybridized carbons (Fsp3) is 0.0536. The molecule has 0 N–H and O–H groups in total. The van der Waals surface area contributed by atoms with E-state index in [0.29, 0.717) is 17.6 Å². The number of fused-ring (bicyclic) bond motifs is 9. The van der Waals surface area contributed by atoms with Crippen LogP contribution in [0.25, 0.3) is 105 Å². The standard InChI is InChI=1S/C56H38N4/c1-56(2)48-25-11-10-20-43(48)44-21-12-22-45(51(44)56)46-23-13-24-47-50-42-19-9-8-17-38(42)32-33-49(50)60(52(46)47)55-58-53(39-29-26-37(27-30-39)35-14-4-3-5-15-35)57-54(59-55)41-31-28-36-16-6-7-18-40(36)34-41/h3-34H,1-2H3. The fourth-order valence-electron chi connectivity index (χ4n) is 9.83. The molecule has 0 saturated heterocycles. The van der Waals surface area contributed by atoms with Gasteiger partial charge in [0.15, 0.2) is 11.6 Å². The van der Waals surface area contributed by atoms with Gasteiger partial charge < -0.3 is 0 Å². The molecule has 4 nitrogen and oxygen atoms in total. The Morgan fingerprint density at radius 2 is 0.967 bits per heavy atom. The molecule has 12 rings (SSSR count). The lowest BCUT2D eigenvalue weighted by Gasteiger charge is -2.25. The highest BCUT2D eigenvalue weighted by Crippen LogP contribution is 2.53. The predicted octanol–water partition coefficient (Wildman–Crippen LogP) is 14.2. The summed E-state index contributed by atoms with van der Waals surface area (Å²) in [6.45, 7) is 4.73. The van der Waals surface area contributed by atoms with E-state index in [2.05, 4.69) is 206 Å². The lowest BCUT2D eigenvalue weighted by molar-refractivity contribution is 0.662. The van der Waals surface area contributed by atoms with Crippen LogP contribution in [0.3, 0.4) is 0 Å². The van der Waals surface area contributed by atoms with Crippen molar-refractivity contribution < 1.29 is 0 Å². The summed E-state index contributed by atoms with van der Waals surface area (Å²) >= 11 is 0. The predicted molar refractivity (Wildman–Crippen MR) is 248 cm³/mol. The summed E-state index contributed by atoms with van der Waals surface area (Å²) in [6.07, 6.45) is 0. The monoisotopic (exact) mass is 766 g/mol. The van der Waals surface area contributed by atoms with E-state index in [-0.39, 0.29) is 5.41 Å². The second-order valence-corrected chi connectivity index (χ2v) is 16.4. The smallest absolute Gasteiger partial charge is 0.238 e. The summed E-state index contributed by atoms with van der Waals surface area (Å²) in [4.78, 5) is 16.1. The van der Waals surface area contributed by atoms with E-state index >= 15 is 0 Å².